The molecule has 0 spiro atoms. The van der Waals surface area contributed by atoms with Crippen molar-refractivity contribution < 1.29 is 19.0 Å². The largest absolute Gasteiger partial charge is 0.493 e. The fourth-order valence-electron chi connectivity index (χ4n) is 2.83. The molecule has 0 aliphatic rings. The van der Waals surface area contributed by atoms with Crippen LogP contribution in [0.5, 0.6) is 17.2 Å². The number of nitrogens with zero attached hydrogens (tertiary/aromatic N) is 1. The Morgan fingerprint density at radius 1 is 1.00 bits per heavy atom. The molecule has 2 rings (SSSR count). The van der Waals surface area contributed by atoms with E-state index < -0.39 is 0 Å². The lowest BCUT2D eigenvalue weighted by Gasteiger charge is -2.17. The van der Waals surface area contributed by atoms with Crippen molar-refractivity contribution in [1.82, 2.24) is 0 Å². The highest BCUT2D eigenvalue weighted by Crippen LogP contribution is 2.28. The van der Waals surface area contributed by atoms with Crippen LogP contribution in [0.1, 0.15) is 37.0 Å². The van der Waals surface area contributed by atoms with E-state index >= 15 is 0 Å². The molecule has 0 heterocycles. The third-order valence-corrected chi connectivity index (χ3v) is 4.31. The fraction of sp³-hybridized carbons (Fsp3) is 0.375. The van der Waals surface area contributed by atoms with Crippen LogP contribution in [0.4, 0.5) is 0 Å². The van der Waals surface area contributed by atoms with Crippen molar-refractivity contribution in [2.45, 2.75) is 40.2 Å². The maximum Gasteiger partial charge on any atom is 0.125 e. The summed E-state index contributed by atoms with van der Waals surface area (Å²) in [5.74, 6) is 2.60. The average Bonchev–Trinajstić information content (AvgIpc) is 2.70. The van der Waals surface area contributed by atoms with Crippen LogP contribution in [0.3, 0.4) is 0 Å². The van der Waals surface area contributed by atoms with Gasteiger partial charge in [-0.3, -0.25) is 0 Å². The number of ether oxygens (including phenoxy) is 3. The van der Waals surface area contributed by atoms with Crippen LogP contribution >= 0.6 is 0 Å². The van der Waals surface area contributed by atoms with Gasteiger partial charge < -0.3 is 19.0 Å². The SMILES string of the molecule is C/C=C/COc1cc(C)c(OCCC(C)Oc2ccc(C=NOC)cc2)c(C)c1. The lowest BCUT2D eigenvalue weighted by atomic mass is 10.1. The van der Waals surface area contributed by atoms with Crippen molar-refractivity contribution >= 4 is 6.21 Å². The molecule has 0 radical (unpaired) electrons. The Morgan fingerprint density at radius 3 is 2.31 bits per heavy atom. The molecular weight excluding hydrogens is 366 g/mol. The first-order valence-electron chi connectivity index (χ1n) is 9.84. The molecule has 29 heavy (non-hydrogen) atoms. The summed E-state index contributed by atoms with van der Waals surface area (Å²) in [7, 11) is 1.52. The Labute approximate surface area is 173 Å². The molecule has 2 aromatic carbocycles. The van der Waals surface area contributed by atoms with E-state index in [1.807, 2.05) is 76.2 Å². The van der Waals surface area contributed by atoms with Gasteiger partial charge in [0.1, 0.15) is 31.0 Å². The van der Waals surface area contributed by atoms with Crippen LogP contribution in [0.2, 0.25) is 0 Å². The van der Waals surface area contributed by atoms with E-state index in [1.165, 1.54) is 7.11 Å². The van der Waals surface area contributed by atoms with Gasteiger partial charge in [0.15, 0.2) is 0 Å². The van der Waals surface area contributed by atoms with Crippen molar-refractivity contribution in [3.05, 3.63) is 65.2 Å². The number of hydrogen-bond donors (Lipinski definition) is 0. The summed E-state index contributed by atoms with van der Waals surface area (Å²) in [5, 5.41) is 3.75. The van der Waals surface area contributed by atoms with E-state index in [0.717, 1.165) is 40.4 Å². The Balaban J connectivity index is 1.83. The molecule has 1 atom stereocenters. The minimum Gasteiger partial charge on any atom is -0.493 e. The number of hydrogen-bond acceptors (Lipinski definition) is 5. The van der Waals surface area contributed by atoms with Gasteiger partial charge in [0.05, 0.1) is 18.9 Å². The molecule has 0 saturated carbocycles. The van der Waals surface area contributed by atoms with Crippen molar-refractivity contribution in [2.75, 3.05) is 20.3 Å². The van der Waals surface area contributed by atoms with Crippen molar-refractivity contribution in [3.8, 4) is 17.2 Å². The minimum atomic E-state index is 0.0394. The lowest BCUT2D eigenvalue weighted by Crippen LogP contribution is -2.16. The number of rotatable bonds is 11. The van der Waals surface area contributed by atoms with Crippen molar-refractivity contribution in [3.63, 3.8) is 0 Å². The van der Waals surface area contributed by atoms with Gasteiger partial charge in [0.2, 0.25) is 0 Å². The zero-order chi connectivity index (χ0) is 21.1. The van der Waals surface area contributed by atoms with Gasteiger partial charge in [-0.2, -0.15) is 0 Å². The summed E-state index contributed by atoms with van der Waals surface area (Å²) in [6.45, 7) is 9.26. The van der Waals surface area contributed by atoms with E-state index in [-0.39, 0.29) is 6.10 Å². The number of benzene rings is 2. The van der Waals surface area contributed by atoms with Crippen LogP contribution in [0.15, 0.2) is 53.7 Å². The van der Waals surface area contributed by atoms with E-state index in [9.17, 15) is 0 Å². The average molecular weight is 398 g/mol. The predicted molar refractivity (Wildman–Crippen MR) is 117 cm³/mol. The summed E-state index contributed by atoms with van der Waals surface area (Å²) in [6, 6.07) is 11.8. The highest BCUT2D eigenvalue weighted by Gasteiger charge is 2.09. The minimum absolute atomic E-state index is 0.0394. The number of allylic oxidation sites excluding steroid dienone is 1. The molecule has 5 heteroatoms. The summed E-state index contributed by atoms with van der Waals surface area (Å²) >= 11 is 0. The molecule has 1 unspecified atom stereocenters. The summed E-state index contributed by atoms with van der Waals surface area (Å²) in [4.78, 5) is 4.68. The van der Waals surface area contributed by atoms with Gasteiger partial charge in [-0.25, -0.2) is 0 Å². The molecule has 0 amide bonds. The first kappa shape index (κ1) is 22.3. The highest BCUT2D eigenvalue weighted by atomic mass is 16.6. The number of aryl methyl sites for hydroxylation is 2. The van der Waals surface area contributed by atoms with Crippen LogP contribution in [0.25, 0.3) is 0 Å². The molecule has 0 N–H and O–H groups in total. The summed E-state index contributed by atoms with van der Waals surface area (Å²) < 4.78 is 17.7. The summed E-state index contributed by atoms with van der Waals surface area (Å²) in [6.07, 6.45) is 6.44. The number of oxime groups is 1. The van der Waals surface area contributed by atoms with Gasteiger partial charge in [-0.1, -0.05) is 17.3 Å². The van der Waals surface area contributed by atoms with Crippen molar-refractivity contribution in [2.24, 2.45) is 5.16 Å². The molecule has 5 nitrogen and oxygen atoms in total. The first-order chi connectivity index (χ1) is 14.0. The Kier molecular flexibility index (Phi) is 9.09. The van der Waals surface area contributed by atoms with E-state index in [4.69, 9.17) is 14.2 Å². The van der Waals surface area contributed by atoms with Crippen LogP contribution in [0, 0.1) is 13.8 Å². The molecule has 0 aliphatic heterocycles. The molecule has 156 valence electrons. The van der Waals surface area contributed by atoms with Crippen molar-refractivity contribution in [1.29, 1.82) is 0 Å². The first-order valence-corrected chi connectivity index (χ1v) is 9.84. The second kappa shape index (κ2) is 11.8. The molecule has 0 fully saturated rings. The Bertz CT molecular complexity index is 789. The molecule has 0 bridgehead atoms. The predicted octanol–water partition coefficient (Wildman–Crippen LogP) is 5.48. The Morgan fingerprint density at radius 2 is 1.69 bits per heavy atom. The monoisotopic (exact) mass is 397 g/mol. The quantitative estimate of drug-likeness (QED) is 0.286. The van der Waals surface area contributed by atoms with Gasteiger partial charge in [-0.05, 0) is 80.8 Å². The summed E-state index contributed by atoms with van der Waals surface area (Å²) in [5.41, 5.74) is 3.10. The topological polar surface area (TPSA) is 49.3 Å². The molecule has 0 aliphatic carbocycles. The second-order valence-electron chi connectivity index (χ2n) is 6.82. The molecule has 2 aromatic rings. The zero-order valence-corrected chi connectivity index (χ0v) is 18.0. The second-order valence-corrected chi connectivity index (χ2v) is 6.82. The van der Waals surface area contributed by atoms with Crippen LogP contribution in [-0.4, -0.2) is 32.6 Å². The van der Waals surface area contributed by atoms with Gasteiger partial charge in [-0.15, -0.1) is 0 Å². The van der Waals surface area contributed by atoms with Gasteiger partial charge >= 0.3 is 0 Å². The van der Waals surface area contributed by atoms with Crippen LogP contribution in [-0.2, 0) is 4.84 Å². The highest BCUT2D eigenvalue weighted by molar-refractivity contribution is 5.79. The van der Waals surface area contributed by atoms with E-state index in [1.54, 1.807) is 6.21 Å². The van der Waals surface area contributed by atoms with E-state index in [0.29, 0.717) is 13.2 Å². The van der Waals surface area contributed by atoms with Gasteiger partial charge in [0, 0.05) is 6.42 Å². The molecule has 0 aromatic heterocycles. The van der Waals surface area contributed by atoms with E-state index in [2.05, 4.69) is 9.99 Å². The third kappa shape index (κ3) is 7.53. The standard InChI is InChI=1S/C24H31NO4/c1-6-7-13-27-23-15-18(2)24(19(3)16-23)28-14-12-20(4)29-22-10-8-21(9-11-22)17-25-26-5/h6-11,15-17,20H,12-14H2,1-5H3/b7-6+,25-17?. The maximum atomic E-state index is 6.04. The molecule has 0 saturated heterocycles. The fourth-order valence-corrected chi connectivity index (χ4v) is 2.83. The Hall–Kier alpha value is -2.95. The third-order valence-electron chi connectivity index (χ3n) is 4.31. The maximum absolute atomic E-state index is 6.04. The normalized spacial score (nSPS) is 12.3. The molecular formula is C24H31NO4. The van der Waals surface area contributed by atoms with Crippen LogP contribution < -0.4 is 14.2 Å². The van der Waals surface area contributed by atoms with Gasteiger partial charge in [0.25, 0.3) is 0 Å². The lowest BCUT2D eigenvalue weighted by molar-refractivity contribution is 0.176. The smallest absolute Gasteiger partial charge is 0.125 e. The zero-order valence-electron chi connectivity index (χ0n) is 18.0.